The second-order valence-corrected chi connectivity index (χ2v) is 14.9. The first kappa shape index (κ1) is 43.3. The maximum atomic E-state index is 14.5. The quantitative estimate of drug-likeness (QED) is 0.109. The number of ether oxygens (including phenoxy) is 1. The molecule has 7 rings (SSSR count). The minimum absolute atomic E-state index is 0.00272. The van der Waals surface area contributed by atoms with Crippen molar-refractivity contribution in [2.75, 3.05) is 12.4 Å². The Hall–Kier alpha value is -7.28. The van der Waals surface area contributed by atoms with Gasteiger partial charge < -0.3 is 36.4 Å². The van der Waals surface area contributed by atoms with Crippen LogP contribution in [0.25, 0.3) is 11.1 Å². The molecule has 5 aromatic carbocycles. The van der Waals surface area contributed by atoms with E-state index in [1.54, 1.807) is 55.6 Å². The lowest BCUT2D eigenvalue weighted by atomic mass is 9.98. The summed E-state index contributed by atoms with van der Waals surface area (Å²) in [7, 11) is 1.59. The highest BCUT2D eigenvalue weighted by molar-refractivity contribution is 5.96. The molecule has 314 valence electrons. The maximum Gasteiger partial charge on any atom is 0.326 e. The molecule has 5 aromatic rings. The van der Waals surface area contributed by atoms with Gasteiger partial charge in [-0.15, -0.1) is 0 Å². The molecule has 13 heteroatoms. The number of amides is 5. The van der Waals surface area contributed by atoms with Crippen molar-refractivity contribution in [1.29, 1.82) is 0 Å². The highest BCUT2D eigenvalue weighted by atomic mass is 16.5. The number of carboxylic acids is 1. The van der Waals surface area contributed by atoms with E-state index < -0.39 is 59.7 Å². The number of aryl methyl sites for hydroxylation is 1. The van der Waals surface area contributed by atoms with Crippen LogP contribution >= 0.6 is 0 Å². The third kappa shape index (κ3) is 12.9. The standard InChI is InChI=1S/C48H49N5O8/c1-61-38-14-8-13-36(30-38)35-20-15-33(16-21-35)28-41-46(57)52-40(27-32-11-6-3-7-12-32)47(58)53-42(48(59)60)29-34-17-22-37(23-18-34)49-43(54)25-26-44(55)50-39(45(56)51-41)24-19-31-9-4-2-5-10-31/h2-18,20-23,30,39-42H,19,24-29H2,1H3,(H,49,54)(H,50,55)(H,51,56)(H,52,57)(H,53,58)(H,59,60). The van der Waals surface area contributed by atoms with E-state index in [9.17, 15) is 33.9 Å². The molecule has 0 radical (unpaired) electrons. The summed E-state index contributed by atoms with van der Waals surface area (Å²) in [5.41, 5.74) is 5.13. The van der Waals surface area contributed by atoms with Crippen LogP contribution in [-0.2, 0) is 54.5 Å². The molecule has 0 saturated carbocycles. The largest absolute Gasteiger partial charge is 0.497 e. The number of fused-ring (bicyclic) bond motifs is 18. The fourth-order valence-corrected chi connectivity index (χ4v) is 7.06. The van der Waals surface area contributed by atoms with Gasteiger partial charge in [-0.3, -0.25) is 24.0 Å². The summed E-state index contributed by atoms with van der Waals surface area (Å²) < 4.78 is 5.39. The van der Waals surface area contributed by atoms with Gasteiger partial charge in [0.15, 0.2) is 0 Å². The molecule has 5 amide bonds. The van der Waals surface area contributed by atoms with E-state index in [2.05, 4.69) is 26.6 Å². The molecule has 0 fully saturated rings. The van der Waals surface area contributed by atoms with Gasteiger partial charge in [-0.25, -0.2) is 4.79 Å². The van der Waals surface area contributed by atoms with Crippen molar-refractivity contribution in [3.63, 3.8) is 0 Å². The minimum Gasteiger partial charge on any atom is -0.497 e. The van der Waals surface area contributed by atoms with Crippen LogP contribution in [0.15, 0.2) is 133 Å². The molecule has 2 aliphatic heterocycles. The first-order chi connectivity index (χ1) is 29.5. The minimum atomic E-state index is -1.36. The number of aliphatic carboxylic acids is 1. The molecule has 4 unspecified atom stereocenters. The van der Waals surface area contributed by atoms with E-state index in [4.69, 9.17) is 4.74 Å². The molecule has 61 heavy (non-hydrogen) atoms. The van der Waals surface area contributed by atoms with Gasteiger partial charge >= 0.3 is 5.97 Å². The summed E-state index contributed by atoms with van der Waals surface area (Å²) in [6.07, 6.45) is 0.149. The topological polar surface area (TPSA) is 192 Å². The van der Waals surface area contributed by atoms with Gasteiger partial charge in [0.05, 0.1) is 7.11 Å². The third-order valence-electron chi connectivity index (χ3n) is 10.4. The molecule has 0 saturated heterocycles. The summed E-state index contributed by atoms with van der Waals surface area (Å²) in [6, 6.07) is 35.0. The molecule has 6 N–H and O–H groups in total. The predicted octanol–water partition coefficient (Wildman–Crippen LogP) is 4.78. The number of anilines is 1. The first-order valence-corrected chi connectivity index (χ1v) is 20.2. The van der Waals surface area contributed by atoms with Crippen molar-refractivity contribution >= 4 is 41.2 Å². The van der Waals surface area contributed by atoms with Crippen molar-refractivity contribution in [1.82, 2.24) is 21.3 Å². The van der Waals surface area contributed by atoms with Crippen molar-refractivity contribution in [3.05, 3.63) is 156 Å². The SMILES string of the molecule is COc1cccc(-c2ccc(CC3NC(=O)C(CCc4ccccc4)NC(=O)CCC(=O)Nc4ccc(cc4)CC(C(=O)O)NC(=O)C(Cc4ccccc4)NC3=O)cc2)c1. The highest BCUT2D eigenvalue weighted by Crippen LogP contribution is 2.24. The number of benzene rings is 5. The third-order valence-corrected chi connectivity index (χ3v) is 10.4. The Morgan fingerprint density at radius 1 is 0.590 bits per heavy atom. The molecule has 13 nitrogen and oxygen atoms in total. The van der Waals surface area contributed by atoms with Gasteiger partial charge in [0.2, 0.25) is 29.5 Å². The molecular formula is C48H49N5O8. The Balaban J connectivity index is 1.34. The Bertz CT molecular complexity index is 2300. The highest BCUT2D eigenvalue weighted by Gasteiger charge is 2.32. The van der Waals surface area contributed by atoms with E-state index in [1.165, 1.54) is 0 Å². The fraction of sp³-hybridized carbons (Fsp3) is 0.250. The van der Waals surface area contributed by atoms with Crippen molar-refractivity contribution in [3.8, 4) is 16.9 Å². The van der Waals surface area contributed by atoms with Gasteiger partial charge in [0.25, 0.3) is 0 Å². The summed E-state index contributed by atoms with van der Waals surface area (Å²) in [6.45, 7) is 0. The van der Waals surface area contributed by atoms with E-state index in [0.29, 0.717) is 34.5 Å². The van der Waals surface area contributed by atoms with Crippen LogP contribution in [0, 0.1) is 0 Å². The monoisotopic (exact) mass is 823 g/mol. The van der Waals surface area contributed by atoms with Crippen LogP contribution in [0.3, 0.4) is 0 Å². The average Bonchev–Trinajstić information content (AvgIpc) is 3.27. The number of methoxy groups -OCH3 is 1. The molecule has 2 bridgehead atoms. The maximum absolute atomic E-state index is 14.5. The van der Waals surface area contributed by atoms with Crippen molar-refractivity contribution in [2.24, 2.45) is 0 Å². The molecular weight excluding hydrogens is 775 g/mol. The number of carboxylic acid groups (broad SMARTS) is 1. The van der Waals surface area contributed by atoms with Crippen LogP contribution in [0.1, 0.15) is 41.5 Å². The number of hydrogen-bond donors (Lipinski definition) is 6. The van der Waals surface area contributed by atoms with Crippen LogP contribution < -0.4 is 31.3 Å². The Morgan fingerprint density at radius 3 is 1.79 bits per heavy atom. The molecule has 2 heterocycles. The lowest BCUT2D eigenvalue weighted by Gasteiger charge is -2.26. The van der Waals surface area contributed by atoms with Crippen molar-refractivity contribution in [2.45, 2.75) is 69.1 Å². The van der Waals surface area contributed by atoms with Gasteiger partial charge in [-0.1, -0.05) is 109 Å². The Labute approximate surface area is 354 Å². The molecule has 0 aromatic heterocycles. The summed E-state index contributed by atoms with van der Waals surface area (Å²) in [4.78, 5) is 81.6. The van der Waals surface area contributed by atoms with Crippen LogP contribution in [-0.4, -0.2) is 71.9 Å². The molecule has 0 aliphatic carbocycles. The zero-order valence-electron chi connectivity index (χ0n) is 33.8. The second-order valence-electron chi connectivity index (χ2n) is 14.9. The van der Waals surface area contributed by atoms with Crippen LogP contribution in [0.5, 0.6) is 5.75 Å². The lowest BCUT2D eigenvalue weighted by Crippen LogP contribution is -2.59. The summed E-state index contributed by atoms with van der Waals surface area (Å²) >= 11 is 0. The van der Waals surface area contributed by atoms with Gasteiger partial charge in [0.1, 0.15) is 29.9 Å². The van der Waals surface area contributed by atoms with Crippen molar-refractivity contribution < 1.29 is 38.6 Å². The molecule has 0 spiro atoms. The molecule has 2 aliphatic rings. The fourth-order valence-electron chi connectivity index (χ4n) is 7.06. The van der Waals surface area contributed by atoms with E-state index in [1.807, 2.05) is 84.9 Å². The number of hydrogen-bond acceptors (Lipinski definition) is 7. The van der Waals surface area contributed by atoms with E-state index >= 15 is 0 Å². The lowest BCUT2D eigenvalue weighted by molar-refractivity contribution is -0.142. The predicted molar refractivity (Wildman–Crippen MR) is 230 cm³/mol. The van der Waals surface area contributed by atoms with Crippen LogP contribution in [0.4, 0.5) is 5.69 Å². The summed E-state index contributed by atoms with van der Waals surface area (Å²) in [5.74, 6) is -3.62. The second kappa shape index (κ2) is 21.1. The zero-order chi connectivity index (χ0) is 43.1. The smallest absolute Gasteiger partial charge is 0.326 e. The molecule has 4 atom stereocenters. The van der Waals surface area contributed by atoms with Crippen LogP contribution in [0.2, 0.25) is 0 Å². The van der Waals surface area contributed by atoms with E-state index in [-0.39, 0.29) is 38.5 Å². The Kier molecular flexibility index (Phi) is 15.0. The van der Waals surface area contributed by atoms with Gasteiger partial charge in [-0.2, -0.15) is 0 Å². The number of carbonyl (C=O) groups excluding carboxylic acids is 5. The number of rotatable bonds is 10. The first-order valence-electron chi connectivity index (χ1n) is 20.2. The van der Waals surface area contributed by atoms with Gasteiger partial charge in [-0.05, 0) is 70.5 Å². The Morgan fingerprint density at radius 2 is 1.16 bits per heavy atom. The number of carbonyl (C=O) groups is 6. The van der Waals surface area contributed by atoms with Gasteiger partial charge in [0, 0.05) is 37.8 Å². The average molecular weight is 824 g/mol. The normalized spacial score (nSPS) is 19.3. The number of nitrogens with one attached hydrogen (secondary N) is 5. The van der Waals surface area contributed by atoms with E-state index in [0.717, 1.165) is 16.7 Å². The summed E-state index contributed by atoms with van der Waals surface area (Å²) in [5, 5.41) is 24.0. The zero-order valence-corrected chi connectivity index (χ0v) is 33.8.